The molecule has 5 rings (SSSR count). The Balaban J connectivity index is 1.33. The van der Waals surface area contributed by atoms with Gasteiger partial charge in [0.15, 0.2) is 0 Å². The Morgan fingerprint density at radius 1 is 0.968 bits per heavy atom. The molecule has 2 heterocycles. The Bertz CT molecular complexity index is 1190. The standard InChI is InChI=1S/C26H30N4O/c1-19-8-10-23-24(18-19)28-26(27-23)22-9-11-25(21-7-4-3-6-20(21)22)31-17-5-12-30-15-13-29(2)14-16-30/h3-4,6-11,18H,5,12-17H2,1-2H3,(H,27,28). The third kappa shape index (κ3) is 4.29. The van der Waals surface area contributed by atoms with E-state index in [2.05, 4.69) is 83.4 Å². The van der Waals surface area contributed by atoms with Gasteiger partial charge in [0.05, 0.1) is 17.6 Å². The number of nitrogens with zero attached hydrogens (tertiary/aromatic N) is 3. The number of aromatic nitrogens is 2. The second-order valence-corrected chi connectivity index (χ2v) is 8.61. The number of likely N-dealkylation sites (N-methyl/N-ethyl adjacent to an activating group) is 1. The molecule has 1 fully saturated rings. The molecule has 1 N–H and O–H groups in total. The fraction of sp³-hybridized carbons (Fsp3) is 0.346. The number of H-pyrrole nitrogens is 1. The number of piperazine rings is 1. The quantitative estimate of drug-likeness (QED) is 0.464. The van der Waals surface area contributed by atoms with E-state index in [0.29, 0.717) is 0 Å². The highest BCUT2D eigenvalue weighted by atomic mass is 16.5. The van der Waals surface area contributed by atoms with Crippen LogP contribution in [0.15, 0.2) is 54.6 Å². The summed E-state index contributed by atoms with van der Waals surface area (Å²) in [7, 11) is 2.20. The molecule has 0 saturated carbocycles. The minimum absolute atomic E-state index is 0.736. The van der Waals surface area contributed by atoms with Crippen molar-refractivity contribution >= 4 is 21.8 Å². The summed E-state index contributed by atoms with van der Waals surface area (Å²) in [5.74, 6) is 1.85. The molecule has 0 radical (unpaired) electrons. The van der Waals surface area contributed by atoms with Gasteiger partial charge in [-0.15, -0.1) is 0 Å². The number of aromatic amines is 1. The molecule has 1 saturated heterocycles. The molecule has 160 valence electrons. The van der Waals surface area contributed by atoms with Gasteiger partial charge >= 0.3 is 0 Å². The molecule has 5 heteroatoms. The Morgan fingerprint density at radius 2 is 1.77 bits per heavy atom. The van der Waals surface area contributed by atoms with Crippen molar-refractivity contribution in [1.82, 2.24) is 19.8 Å². The number of aryl methyl sites for hydroxylation is 1. The summed E-state index contributed by atoms with van der Waals surface area (Å²) < 4.78 is 6.23. The predicted octanol–water partition coefficient (Wildman–Crippen LogP) is 4.71. The highest BCUT2D eigenvalue weighted by molar-refractivity contribution is 5.99. The van der Waals surface area contributed by atoms with E-state index in [0.717, 1.165) is 84.7 Å². The number of ether oxygens (including phenoxy) is 1. The van der Waals surface area contributed by atoms with Gasteiger partial charge in [0.2, 0.25) is 0 Å². The SMILES string of the molecule is Cc1ccc2nc(-c3ccc(OCCCN4CCN(C)CC4)c4ccccc34)[nH]c2c1. The molecule has 1 aliphatic rings. The van der Waals surface area contributed by atoms with Crippen LogP contribution in [0.1, 0.15) is 12.0 Å². The van der Waals surface area contributed by atoms with Crippen LogP contribution in [0.3, 0.4) is 0 Å². The molecular weight excluding hydrogens is 384 g/mol. The summed E-state index contributed by atoms with van der Waals surface area (Å²) in [6, 6.07) is 19.0. The zero-order valence-corrected chi connectivity index (χ0v) is 18.4. The van der Waals surface area contributed by atoms with Crippen LogP contribution in [0.2, 0.25) is 0 Å². The first kappa shape index (κ1) is 20.0. The molecule has 0 amide bonds. The Morgan fingerprint density at radius 3 is 2.61 bits per heavy atom. The highest BCUT2D eigenvalue weighted by Gasteiger charge is 2.14. The number of hydrogen-bond acceptors (Lipinski definition) is 4. The van der Waals surface area contributed by atoms with Gasteiger partial charge in [0.1, 0.15) is 11.6 Å². The van der Waals surface area contributed by atoms with Gasteiger partial charge in [-0.05, 0) is 55.6 Å². The Hall–Kier alpha value is -2.89. The first-order chi connectivity index (χ1) is 15.2. The lowest BCUT2D eigenvalue weighted by Crippen LogP contribution is -2.44. The smallest absolute Gasteiger partial charge is 0.139 e. The minimum atomic E-state index is 0.736. The van der Waals surface area contributed by atoms with Crippen molar-refractivity contribution in [3.63, 3.8) is 0 Å². The molecule has 0 spiro atoms. The average Bonchev–Trinajstić information content (AvgIpc) is 3.20. The molecule has 3 aromatic carbocycles. The molecule has 0 bridgehead atoms. The van der Waals surface area contributed by atoms with Crippen LogP contribution in [0.4, 0.5) is 0 Å². The second-order valence-electron chi connectivity index (χ2n) is 8.61. The van der Waals surface area contributed by atoms with Crippen molar-refractivity contribution in [1.29, 1.82) is 0 Å². The molecule has 5 nitrogen and oxygen atoms in total. The third-order valence-electron chi connectivity index (χ3n) is 6.25. The fourth-order valence-electron chi connectivity index (χ4n) is 4.40. The third-order valence-corrected chi connectivity index (χ3v) is 6.25. The lowest BCUT2D eigenvalue weighted by atomic mass is 10.0. The first-order valence-corrected chi connectivity index (χ1v) is 11.2. The summed E-state index contributed by atoms with van der Waals surface area (Å²) >= 11 is 0. The van der Waals surface area contributed by atoms with E-state index < -0.39 is 0 Å². The van der Waals surface area contributed by atoms with E-state index >= 15 is 0 Å². The van der Waals surface area contributed by atoms with E-state index in [1.54, 1.807) is 0 Å². The predicted molar refractivity (Wildman–Crippen MR) is 128 cm³/mol. The van der Waals surface area contributed by atoms with Gasteiger partial charge in [-0.2, -0.15) is 0 Å². The van der Waals surface area contributed by atoms with Crippen LogP contribution in [-0.4, -0.2) is 66.1 Å². The van der Waals surface area contributed by atoms with E-state index in [1.165, 1.54) is 5.56 Å². The molecule has 1 aliphatic heterocycles. The normalized spacial score (nSPS) is 15.7. The van der Waals surface area contributed by atoms with Gasteiger partial charge in [0, 0.05) is 43.7 Å². The van der Waals surface area contributed by atoms with Crippen LogP contribution < -0.4 is 4.74 Å². The number of hydrogen-bond donors (Lipinski definition) is 1. The summed E-state index contributed by atoms with van der Waals surface area (Å²) in [5.41, 5.74) is 4.40. The van der Waals surface area contributed by atoms with E-state index in [4.69, 9.17) is 9.72 Å². The maximum absolute atomic E-state index is 6.23. The topological polar surface area (TPSA) is 44.4 Å². The molecule has 0 atom stereocenters. The second kappa shape index (κ2) is 8.69. The van der Waals surface area contributed by atoms with Crippen molar-refractivity contribution in [2.24, 2.45) is 0 Å². The lowest BCUT2D eigenvalue weighted by Gasteiger charge is -2.32. The van der Waals surface area contributed by atoms with Crippen LogP contribution in [0.5, 0.6) is 5.75 Å². The van der Waals surface area contributed by atoms with E-state index in [9.17, 15) is 0 Å². The highest BCUT2D eigenvalue weighted by Crippen LogP contribution is 2.34. The average molecular weight is 415 g/mol. The molecule has 0 unspecified atom stereocenters. The van der Waals surface area contributed by atoms with Gasteiger partial charge in [-0.1, -0.05) is 30.3 Å². The molecule has 4 aromatic rings. The summed E-state index contributed by atoms with van der Waals surface area (Å²) in [5, 5.41) is 2.30. The summed E-state index contributed by atoms with van der Waals surface area (Å²) in [6.07, 6.45) is 1.04. The number of imidazole rings is 1. The zero-order chi connectivity index (χ0) is 21.2. The van der Waals surface area contributed by atoms with Crippen molar-refractivity contribution in [2.75, 3.05) is 46.4 Å². The molecular formula is C26H30N4O. The van der Waals surface area contributed by atoms with Crippen LogP contribution in [0, 0.1) is 6.92 Å². The van der Waals surface area contributed by atoms with E-state index in [-0.39, 0.29) is 0 Å². The maximum atomic E-state index is 6.23. The first-order valence-electron chi connectivity index (χ1n) is 11.2. The largest absolute Gasteiger partial charge is 0.493 e. The zero-order valence-electron chi connectivity index (χ0n) is 18.4. The van der Waals surface area contributed by atoms with Crippen molar-refractivity contribution in [3.8, 4) is 17.1 Å². The Labute approximate surface area is 183 Å². The van der Waals surface area contributed by atoms with Crippen LogP contribution in [-0.2, 0) is 0 Å². The van der Waals surface area contributed by atoms with Crippen molar-refractivity contribution in [2.45, 2.75) is 13.3 Å². The number of rotatable bonds is 6. The maximum Gasteiger partial charge on any atom is 0.139 e. The lowest BCUT2D eigenvalue weighted by molar-refractivity contribution is 0.145. The van der Waals surface area contributed by atoms with Crippen molar-refractivity contribution in [3.05, 3.63) is 60.2 Å². The Kier molecular flexibility index (Phi) is 5.62. The number of benzene rings is 3. The minimum Gasteiger partial charge on any atom is -0.493 e. The van der Waals surface area contributed by atoms with Gasteiger partial charge in [-0.25, -0.2) is 4.98 Å². The van der Waals surface area contributed by atoms with Crippen LogP contribution >= 0.6 is 0 Å². The monoisotopic (exact) mass is 414 g/mol. The molecule has 31 heavy (non-hydrogen) atoms. The van der Waals surface area contributed by atoms with E-state index in [1.807, 2.05) is 0 Å². The molecule has 0 aliphatic carbocycles. The summed E-state index contributed by atoms with van der Waals surface area (Å²) in [6.45, 7) is 8.58. The number of nitrogens with one attached hydrogen (secondary N) is 1. The van der Waals surface area contributed by atoms with Gasteiger partial charge < -0.3 is 19.5 Å². The molecule has 1 aromatic heterocycles. The fourth-order valence-corrected chi connectivity index (χ4v) is 4.40. The van der Waals surface area contributed by atoms with Gasteiger partial charge in [0.25, 0.3) is 0 Å². The summed E-state index contributed by atoms with van der Waals surface area (Å²) in [4.78, 5) is 13.3. The van der Waals surface area contributed by atoms with Gasteiger partial charge in [-0.3, -0.25) is 0 Å². The number of fused-ring (bicyclic) bond motifs is 2. The van der Waals surface area contributed by atoms with Crippen LogP contribution in [0.25, 0.3) is 33.2 Å². The van der Waals surface area contributed by atoms with Crippen molar-refractivity contribution < 1.29 is 4.74 Å².